The van der Waals surface area contributed by atoms with Gasteiger partial charge in [-0.3, -0.25) is 4.79 Å². The number of hydrogen-bond donors (Lipinski definition) is 1. The number of halogens is 2. The highest BCUT2D eigenvalue weighted by Crippen LogP contribution is 2.36. The number of methoxy groups -OCH3 is 1. The van der Waals surface area contributed by atoms with Gasteiger partial charge in [-0.1, -0.05) is 31.0 Å². The molecule has 0 aromatic heterocycles. The molecular formula is C32H31F2NO3. The number of carbonyl (C=O) groups is 1. The highest BCUT2D eigenvalue weighted by Gasteiger charge is 2.23. The molecule has 0 amide bonds. The predicted octanol–water partition coefficient (Wildman–Crippen LogP) is 7.33. The molecule has 38 heavy (non-hydrogen) atoms. The molecular weight excluding hydrogens is 484 g/mol. The molecule has 6 heteroatoms. The van der Waals surface area contributed by atoms with Crippen LogP contribution in [0.15, 0.2) is 72.8 Å². The zero-order valence-corrected chi connectivity index (χ0v) is 21.4. The Hall–Kier alpha value is -3.77. The van der Waals surface area contributed by atoms with Crippen molar-refractivity contribution in [1.29, 1.82) is 0 Å². The summed E-state index contributed by atoms with van der Waals surface area (Å²) in [6.45, 7) is 1.65. The van der Waals surface area contributed by atoms with Crippen LogP contribution in [0.5, 0.6) is 11.5 Å². The van der Waals surface area contributed by atoms with Crippen LogP contribution >= 0.6 is 0 Å². The Bertz CT molecular complexity index is 1410. The van der Waals surface area contributed by atoms with Crippen molar-refractivity contribution in [3.63, 3.8) is 0 Å². The predicted molar refractivity (Wildman–Crippen MR) is 146 cm³/mol. The number of nitrogens with one attached hydrogen (secondary N) is 1. The number of hydrogen-bond acceptors (Lipinski definition) is 4. The molecule has 0 radical (unpaired) electrons. The largest absolute Gasteiger partial charge is 0.497 e. The fraction of sp³-hybridized carbons (Fsp3) is 0.281. The molecule has 196 valence electrons. The highest BCUT2D eigenvalue weighted by molar-refractivity contribution is 6.20. The van der Waals surface area contributed by atoms with Crippen LogP contribution in [-0.2, 0) is 0 Å². The molecule has 1 saturated heterocycles. The molecule has 1 fully saturated rings. The van der Waals surface area contributed by atoms with Crippen molar-refractivity contribution in [1.82, 2.24) is 5.32 Å². The zero-order chi connectivity index (χ0) is 26.5. The summed E-state index contributed by atoms with van der Waals surface area (Å²) in [4.78, 5) is 13.9. The van der Waals surface area contributed by atoms with Crippen LogP contribution in [0.3, 0.4) is 0 Å². The van der Waals surface area contributed by atoms with Crippen molar-refractivity contribution in [3.05, 3.63) is 95.6 Å². The van der Waals surface area contributed by atoms with Crippen LogP contribution < -0.4 is 14.8 Å². The number of carbonyl (C=O) groups excluding carboxylic acids is 1. The molecule has 1 N–H and O–H groups in total. The molecule has 1 aliphatic rings. The Morgan fingerprint density at radius 1 is 0.921 bits per heavy atom. The van der Waals surface area contributed by atoms with E-state index >= 15 is 0 Å². The Morgan fingerprint density at radius 3 is 2.45 bits per heavy atom. The van der Waals surface area contributed by atoms with Gasteiger partial charge in [-0.2, -0.15) is 0 Å². The molecule has 0 bridgehead atoms. The summed E-state index contributed by atoms with van der Waals surface area (Å²) in [6, 6.07) is 19.7. The van der Waals surface area contributed by atoms with Crippen molar-refractivity contribution in [3.8, 4) is 22.6 Å². The Kier molecular flexibility index (Phi) is 7.99. The molecule has 1 aliphatic heterocycles. The van der Waals surface area contributed by atoms with E-state index in [0.717, 1.165) is 18.4 Å². The molecule has 5 rings (SSSR count). The van der Waals surface area contributed by atoms with E-state index in [0.29, 0.717) is 35.1 Å². The maximum Gasteiger partial charge on any atom is 0.194 e. The quantitative estimate of drug-likeness (QED) is 0.250. The van der Waals surface area contributed by atoms with E-state index in [4.69, 9.17) is 9.47 Å². The first-order valence-electron chi connectivity index (χ1n) is 13.1. The average molecular weight is 516 g/mol. The van der Waals surface area contributed by atoms with Gasteiger partial charge in [0, 0.05) is 17.2 Å². The van der Waals surface area contributed by atoms with Gasteiger partial charge >= 0.3 is 0 Å². The third-order valence-corrected chi connectivity index (χ3v) is 7.20. The minimum Gasteiger partial charge on any atom is -0.497 e. The minimum absolute atomic E-state index is 0.208. The Balaban J connectivity index is 1.44. The van der Waals surface area contributed by atoms with Crippen molar-refractivity contribution in [2.45, 2.75) is 38.1 Å². The highest BCUT2D eigenvalue weighted by atomic mass is 19.1. The van der Waals surface area contributed by atoms with Crippen LogP contribution in [-0.4, -0.2) is 32.1 Å². The van der Waals surface area contributed by atoms with E-state index in [-0.39, 0.29) is 22.5 Å². The molecule has 1 heterocycles. The number of fused-ring (bicyclic) bond motifs is 1. The third kappa shape index (κ3) is 5.55. The first kappa shape index (κ1) is 25.9. The average Bonchev–Trinajstić information content (AvgIpc) is 3.21. The lowest BCUT2D eigenvalue weighted by Crippen LogP contribution is -2.29. The normalized spacial score (nSPS) is 15.7. The second-order valence-corrected chi connectivity index (χ2v) is 9.66. The molecule has 4 aromatic carbocycles. The second-order valence-electron chi connectivity index (χ2n) is 9.66. The zero-order valence-electron chi connectivity index (χ0n) is 21.4. The van der Waals surface area contributed by atoms with Crippen LogP contribution in [0, 0.1) is 11.6 Å². The lowest BCUT2D eigenvalue weighted by molar-refractivity contribution is 0.104. The van der Waals surface area contributed by atoms with Crippen LogP contribution in [0.4, 0.5) is 8.78 Å². The van der Waals surface area contributed by atoms with E-state index in [2.05, 4.69) is 5.32 Å². The summed E-state index contributed by atoms with van der Waals surface area (Å²) in [5.41, 5.74) is 0.631. The summed E-state index contributed by atoms with van der Waals surface area (Å²) in [7, 11) is 1.56. The SMILES string of the molecule is COc1ccc2c(C(=O)c3ccc(OCCC4CCCCCN4)cc3)c(-c3c(F)cccc3F)ccc2c1. The van der Waals surface area contributed by atoms with E-state index < -0.39 is 11.6 Å². The fourth-order valence-electron chi connectivity index (χ4n) is 5.16. The van der Waals surface area contributed by atoms with Crippen molar-refractivity contribution in [2.24, 2.45) is 0 Å². The molecule has 0 saturated carbocycles. The van der Waals surface area contributed by atoms with Gasteiger partial charge in [0.1, 0.15) is 23.1 Å². The molecule has 1 unspecified atom stereocenters. The Morgan fingerprint density at radius 2 is 1.68 bits per heavy atom. The minimum atomic E-state index is -0.723. The molecule has 1 atom stereocenters. The Labute approximate surface area is 221 Å². The standard InChI is InChI=1S/C32H31F2NO3/c1-37-25-14-16-26-22(20-25)11-15-27(31-28(33)7-5-8-29(31)34)30(26)32(36)21-9-12-24(13-10-21)38-19-17-23-6-3-2-4-18-35-23/h5,7-16,20,23,35H,2-4,6,17-19H2,1H3. The van der Waals surface area contributed by atoms with Gasteiger partial charge in [-0.05, 0) is 96.7 Å². The van der Waals surface area contributed by atoms with Gasteiger partial charge < -0.3 is 14.8 Å². The first-order valence-corrected chi connectivity index (χ1v) is 13.1. The van der Waals surface area contributed by atoms with Crippen molar-refractivity contribution < 1.29 is 23.0 Å². The van der Waals surface area contributed by atoms with Crippen LogP contribution in [0.25, 0.3) is 21.9 Å². The maximum atomic E-state index is 14.8. The summed E-state index contributed by atoms with van der Waals surface area (Å²) in [5.74, 6) is -0.468. The topological polar surface area (TPSA) is 47.6 Å². The van der Waals surface area contributed by atoms with Crippen LogP contribution in [0.1, 0.15) is 48.0 Å². The fourth-order valence-corrected chi connectivity index (χ4v) is 5.16. The second kappa shape index (κ2) is 11.7. The van der Waals surface area contributed by atoms with Gasteiger partial charge in [0.25, 0.3) is 0 Å². The van der Waals surface area contributed by atoms with Crippen LogP contribution in [0.2, 0.25) is 0 Å². The summed E-state index contributed by atoms with van der Waals surface area (Å²) < 4.78 is 40.9. The molecule has 4 aromatic rings. The number of benzene rings is 4. The molecule has 0 spiro atoms. The lowest BCUT2D eigenvalue weighted by Gasteiger charge is -2.16. The van der Waals surface area contributed by atoms with E-state index in [1.807, 2.05) is 0 Å². The maximum absolute atomic E-state index is 14.8. The number of rotatable bonds is 8. The third-order valence-electron chi connectivity index (χ3n) is 7.20. The summed E-state index contributed by atoms with van der Waals surface area (Å²) >= 11 is 0. The monoisotopic (exact) mass is 515 g/mol. The van der Waals surface area contributed by atoms with Gasteiger partial charge in [-0.15, -0.1) is 0 Å². The molecule has 0 aliphatic carbocycles. The van der Waals surface area contributed by atoms with Crippen molar-refractivity contribution in [2.75, 3.05) is 20.3 Å². The summed E-state index contributed by atoms with van der Waals surface area (Å²) in [5, 5.41) is 4.90. The van der Waals surface area contributed by atoms with E-state index in [1.165, 1.54) is 43.9 Å². The lowest BCUT2D eigenvalue weighted by atomic mass is 9.89. The summed E-state index contributed by atoms with van der Waals surface area (Å²) in [6.07, 6.45) is 5.84. The van der Waals surface area contributed by atoms with Gasteiger partial charge in [0.2, 0.25) is 0 Å². The van der Waals surface area contributed by atoms with Gasteiger partial charge in [0.05, 0.1) is 19.3 Å². The first-order chi connectivity index (χ1) is 18.5. The molecule has 4 nitrogen and oxygen atoms in total. The number of ketones is 1. The van der Waals surface area contributed by atoms with Gasteiger partial charge in [-0.25, -0.2) is 8.78 Å². The van der Waals surface area contributed by atoms with E-state index in [1.54, 1.807) is 61.7 Å². The number of ether oxygens (including phenoxy) is 2. The van der Waals surface area contributed by atoms with E-state index in [9.17, 15) is 13.6 Å². The van der Waals surface area contributed by atoms with Crippen molar-refractivity contribution >= 4 is 16.6 Å². The van der Waals surface area contributed by atoms with Gasteiger partial charge in [0.15, 0.2) is 5.78 Å². The smallest absolute Gasteiger partial charge is 0.194 e.